The number of ether oxygens (including phenoxy) is 1. The van der Waals surface area contributed by atoms with E-state index in [2.05, 4.69) is 10.2 Å². The molecule has 0 unspecified atom stereocenters. The number of unbranched alkanes of at least 4 members (excludes halogenated alkanes) is 1. The van der Waals surface area contributed by atoms with Crippen LogP contribution in [0.2, 0.25) is 0 Å². The predicted octanol–water partition coefficient (Wildman–Crippen LogP) is -0.190. The van der Waals surface area contributed by atoms with E-state index in [1.54, 1.807) is 7.11 Å². The molecule has 0 aliphatic carbocycles. The molecule has 0 spiro atoms. The van der Waals surface area contributed by atoms with E-state index in [1.807, 2.05) is 0 Å². The van der Waals surface area contributed by atoms with Gasteiger partial charge in [0.25, 0.3) is 0 Å². The predicted molar refractivity (Wildman–Crippen MR) is 48.9 cm³/mol. The van der Waals surface area contributed by atoms with Crippen molar-refractivity contribution in [3.05, 3.63) is 0 Å². The number of amides is 1. The Balaban J connectivity index is 3.11. The van der Waals surface area contributed by atoms with Crippen LogP contribution in [-0.4, -0.2) is 32.8 Å². The largest absolute Gasteiger partial charge is 0.383 e. The first-order chi connectivity index (χ1) is 6.31. The van der Waals surface area contributed by atoms with E-state index in [9.17, 15) is 4.79 Å². The van der Waals surface area contributed by atoms with Crippen molar-refractivity contribution in [1.82, 2.24) is 5.32 Å². The second kappa shape index (κ2) is 9.44. The number of methoxy groups -OCH3 is 1. The molecular weight excluding hydrogens is 172 g/mol. The average Bonchev–Trinajstić information content (AvgIpc) is 2.13. The van der Waals surface area contributed by atoms with Gasteiger partial charge in [0.15, 0.2) is 0 Å². The Morgan fingerprint density at radius 1 is 1.38 bits per heavy atom. The van der Waals surface area contributed by atoms with Crippen LogP contribution in [0.4, 0.5) is 0 Å². The smallest absolute Gasteiger partial charge is 0.220 e. The molecule has 0 heterocycles. The molecule has 0 saturated carbocycles. The molecule has 0 atom stereocenters. The molecule has 0 fully saturated rings. The lowest BCUT2D eigenvalue weighted by molar-refractivity contribution is -0.121. The normalized spacial score (nSPS) is 10.0. The van der Waals surface area contributed by atoms with Gasteiger partial charge in [0.2, 0.25) is 5.91 Å². The standard InChI is InChI=1S/C8H18N2O3/c1-12-7-5-10-8(11)4-2-3-6-13-9/h2-7,9H2,1H3,(H,10,11). The highest BCUT2D eigenvalue weighted by Gasteiger charge is 1.99. The van der Waals surface area contributed by atoms with Crippen molar-refractivity contribution in [3.8, 4) is 0 Å². The van der Waals surface area contributed by atoms with Crippen molar-refractivity contribution in [1.29, 1.82) is 0 Å². The zero-order valence-corrected chi connectivity index (χ0v) is 8.04. The van der Waals surface area contributed by atoms with Gasteiger partial charge in [0.05, 0.1) is 13.2 Å². The van der Waals surface area contributed by atoms with Crippen LogP contribution in [0.5, 0.6) is 0 Å². The van der Waals surface area contributed by atoms with Gasteiger partial charge in [-0.05, 0) is 12.8 Å². The van der Waals surface area contributed by atoms with Gasteiger partial charge in [-0.15, -0.1) is 0 Å². The lowest BCUT2D eigenvalue weighted by Crippen LogP contribution is -2.26. The van der Waals surface area contributed by atoms with E-state index in [0.29, 0.717) is 26.2 Å². The Labute approximate surface area is 78.5 Å². The van der Waals surface area contributed by atoms with Crippen molar-refractivity contribution in [2.75, 3.05) is 26.9 Å². The molecule has 0 aromatic heterocycles. The SMILES string of the molecule is COCCNC(=O)CCCCON. The summed E-state index contributed by atoms with van der Waals surface area (Å²) >= 11 is 0. The summed E-state index contributed by atoms with van der Waals surface area (Å²) in [6.45, 7) is 1.63. The number of nitrogens with one attached hydrogen (secondary N) is 1. The van der Waals surface area contributed by atoms with Gasteiger partial charge in [0, 0.05) is 20.1 Å². The molecule has 0 rings (SSSR count). The summed E-state index contributed by atoms with van der Waals surface area (Å²) < 4.78 is 4.78. The van der Waals surface area contributed by atoms with Gasteiger partial charge in [-0.1, -0.05) is 0 Å². The number of hydrogen-bond acceptors (Lipinski definition) is 4. The molecule has 0 saturated heterocycles. The molecule has 0 aromatic rings. The molecule has 0 aromatic carbocycles. The maximum Gasteiger partial charge on any atom is 0.220 e. The van der Waals surface area contributed by atoms with Crippen LogP contribution >= 0.6 is 0 Å². The Kier molecular flexibility index (Phi) is 8.97. The zero-order chi connectivity index (χ0) is 9.94. The molecule has 5 nitrogen and oxygen atoms in total. The third-order valence-corrected chi connectivity index (χ3v) is 1.54. The van der Waals surface area contributed by atoms with Gasteiger partial charge in [0.1, 0.15) is 0 Å². The third-order valence-electron chi connectivity index (χ3n) is 1.54. The quantitative estimate of drug-likeness (QED) is 0.411. The zero-order valence-electron chi connectivity index (χ0n) is 8.04. The molecule has 0 aliphatic rings. The van der Waals surface area contributed by atoms with Gasteiger partial charge in [-0.3, -0.25) is 4.79 Å². The highest BCUT2D eigenvalue weighted by Crippen LogP contribution is 1.94. The fourth-order valence-corrected chi connectivity index (χ4v) is 0.852. The molecule has 0 bridgehead atoms. The van der Waals surface area contributed by atoms with Crippen molar-refractivity contribution in [3.63, 3.8) is 0 Å². The Hall–Kier alpha value is -0.650. The van der Waals surface area contributed by atoms with Crippen LogP contribution in [-0.2, 0) is 14.4 Å². The van der Waals surface area contributed by atoms with Crippen LogP contribution in [0, 0.1) is 0 Å². The Morgan fingerprint density at radius 2 is 2.15 bits per heavy atom. The number of carbonyl (C=O) groups excluding carboxylic acids is 1. The van der Waals surface area contributed by atoms with E-state index in [1.165, 1.54) is 0 Å². The van der Waals surface area contributed by atoms with E-state index >= 15 is 0 Å². The van der Waals surface area contributed by atoms with Crippen molar-refractivity contribution < 1.29 is 14.4 Å². The number of nitrogens with two attached hydrogens (primary N) is 1. The first-order valence-corrected chi connectivity index (χ1v) is 4.38. The van der Waals surface area contributed by atoms with Crippen LogP contribution < -0.4 is 11.2 Å². The minimum atomic E-state index is 0.0501. The summed E-state index contributed by atoms with van der Waals surface area (Å²) in [5.41, 5.74) is 0. The third kappa shape index (κ3) is 9.26. The number of carbonyl (C=O) groups is 1. The van der Waals surface area contributed by atoms with E-state index in [-0.39, 0.29) is 5.91 Å². The molecule has 1 amide bonds. The molecule has 0 radical (unpaired) electrons. The lowest BCUT2D eigenvalue weighted by Gasteiger charge is -2.03. The van der Waals surface area contributed by atoms with Crippen LogP contribution in [0.15, 0.2) is 0 Å². The summed E-state index contributed by atoms with van der Waals surface area (Å²) in [6.07, 6.45) is 2.14. The van der Waals surface area contributed by atoms with Gasteiger partial charge in [-0.25, -0.2) is 5.90 Å². The number of rotatable bonds is 8. The van der Waals surface area contributed by atoms with Crippen molar-refractivity contribution in [2.45, 2.75) is 19.3 Å². The van der Waals surface area contributed by atoms with Gasteiger partial charge in [-0.2, -0.15) is 0 Å². The van der Waals surface area contributed by atoms with E-state index in [4.69, 9.17) is 10.6 Å². The van der Waals surface area contributed by atoms with E-state index < -0.39 is 0 Å². The minimum Gasteiger partial charge on any atom is -0.383 e. The maximum atomic E-state index is 11.0. The molecule has 3 N–H and O–H groups in total. The molecule has 13 heavy (non-hydrogen) atoms. The maximum absolute atomic E-state index is 11.0. The fourth-order valence-electron chi connectivity index (χ4n) is 0.852. The summed E-state index contributed by atoms with van der Waals surface area (Å²) in [5.74, 6) is 4.88. The second-order valence-electron chi connectivity index (χ2n) is 2.67. The van der Waals surface area contributed by atoms with E-state index in [0.717, 1.165) is 12.8 Å². The fraction of sp³-hybridized carbons (Fsp3) is 0.875. The van der Waals surface area contributed by atoms with Gasteiger partial charge >= 0.3 is 0 Å². The lowest BCUT2D eigenvalue weighted by atomic mass is 10.2. The average molecular weight is 190 g/mol. The summed E-state index contributed by atoms with van der Waals surface area (Å²) in [6, 6.07) is 0. The Bertz CT molecular complexity index is 131. The summed E-state index contributed by atoms with van der Waals surface area (Å²) in [5, 5.41) is 2.72. The molecule has 78 valence electrons. The minimum absolute atomic E-state index is 0.0501. The Morgan fingerprint density at radius 3 is 2.77 bits per heavy atom. The van der Waals surface area contributed by atoms with Crippen molar-refractivity contribution in [2.24, 2.45) is 5.90 Å². The summed E-state index contributed by atoms with van der Waals surface area (Å²) in [4.78, 5) is 15.4. The van der Waals surface area contributed by atoms with Crippen LogP contribution in [0.25, 0.3) is 0 Å². The topological polar surface area (TPSA) is 73.6 Å². The first kappa shape index (κ1) is 12.3. The monoisotopic (exact) mass is 190 g/mol. The molecular formula is C8H18N2O3. The summed E-state index contributed by atoms with van der Waals surface area (Å²) in [7, 11) is 1.60. The van der Waals surface area contributed by atoms with Gasteiger partial charge < -0.3 is 14.9 Å². The first-order valence-electron chi connectivity index (χ1n) is 4.38. The van der Waals surface area contributed by atoms with Crippen LogP contribution in [0.3, 0.4) is 0 Å². The number of hydrogen-bond donors (Lipinski definition) is 2. The molecule has 5 heteroatoms. The molecule has 0 aliphatic heterocycles. The second-order valence-corrected chi connectivity index (χ2v) is 2.67. The van der Waals surface area contributed by atoms with Crippen LogP contribution in [0.1, 0.15) is 19.3 Å². The highest BCUT2D eigenvalue weighted by molar-refractivity contribution is 5.75. The van der Waals surface area contributed by atoms with Crippen molar-refractivity contribution >= 4 is 5.91 Å². The highest BCUT2D eigenvalue weighted by atomic mass is 16.6.